The van der Waals surface area contributed by atoms with Gasteiger partial charge in [0.15, 0.2) is 0 Å². The summed E-state index contributed by atoms with van der Waals surface area (Å²) in [4.78, 5) is 18.6. The fourth-order valence-corrected chi connectivity index (χ4v) is 2.81. The van der Waals surface area contributed by atoms with Gasteiger partial charge in [0.2, 0.25) is 0 Å². The van der Waals surface area contributed by atoms with E-state index in [9.17, 15) is 4.79 Å². The van der Waals surface area contributed by atoms with E-state index in [0.29, 0.717) is 24.0 Å². The summed E-state index contributed by atoms with van der Waals surface area (Å²) < 4.78 is 0. The molecule has 0 radical (unpaired) electrons. The van der Waals surface area contributed by atoms with E-state index in [1.54, 1.807) is 18.3 Å². The third-order valence-corrected chi connectivity index (χ3v) is 3.61. The standard InChI is InChI=1S/C17H22N2O2/c1-13-9-14(2)12-19(11-13)17(21)16-7-6-15(10-18-16)5-3-4-8-20/h6-7,10,13-14,20H,4,8-9,11-12H2,1-2H3. The molecule has 1 aromatic heterocycles. The number of aliphatic hydroxyl groups is 1. The zero-order valence-electron chi connectivity index (χ0n) is 12.7. The predicted molar refractivity (Wildman–Crippen MR) is 81.7 cm³/mol. The first kappa shape index (κ1) is 15.5. The molecule has 112 valence electrons. The second-order valence-electron chi connectivity index (χ2n) is 5.86. The van der Waals surface area contributed by atoms with Crippen LogP contribution in [0.25, 0.3) is 0 Å². The normalized spacial score (nSPS) is 21.6. The smallest absolute Gasteiger partial charge is 0.272 e. The molecule has 0 spiro atoms. The molecule has 2 heterocycles. The summed E-state index contributed by atoms with van der Waals surface area (Å²) in [5.74, 6) is 6.84. The highest BCUT2D eigenvalue weighted by Gasteiger charge is 2.26. The van der Waals surface area contributed by atoms with Crippen LogP contribution < -0.4 is 0 Å². The molecule has 0 saturated carbocycles. The molecule has 2 rings (SSSR count). The highest BCUT2D eigenvalue weighted by atomic mass is 16.2. The zero-order chi connectivity index (χ0) is 15.2. The average Bonchev–Trinajstić information content (AvgIpc) is 2.46. The van der Waals surface area contributed by atoms with Gasteiger partial charge in [-0.15, -0.1) is 0 Å². The van der Waals surface area contributed by atoms with Crippen molar-refractivity contribution in [3.8, 4) is 11.8 Å². The summed E-state index contributed by atoms with van der Waals surface area (Å²) in [7, 11) is 0. The van der Waals surface area contributed by atoms with Crippen LogP contribution in [-0.2, 0) is 0 Å². The van der Waals surface area contributed by atoms with Crippen LogP contribution in [0.2, 0.25) is 0 Å². The summed E-state index contributed by atoms with van der Waals surface area (Å²) >= 11 is 0. The Bertz CT molecular complexity index is 532. The van der Waals surface area contributed by atoms with Gasteiger partial charge in [0.25, 0.3) is 5.91 Å². The summed E-state index contributed by atoms with van der Waals surface area (Å²) in [6.45, 7) is 6.04. The molecule has 1 amide bonds. The number of hydrogen-bond donors (Lipinski definition) is 1. The Labute approximate surface area is 126 Å². The molecule has 2 unspecified atom stereocenters. The molecule has 2 atom stereocenters. The lowest BCUT2D eigenvalue weighted by Gasteiger charge is -2.34. The van der Waals surface area contributed by atoms with E-state index in [1.807, 2.05) is 4.90 Å². The van der Waals surface area contributed by atoms with E-state index in [0.717, 1.165) is 18.7 Å². The monoisotopic (exact) mass is 286 g/mol. The number of pyridine rings is 1. The number of carbonyl (C=O) groups is 1. The Kier molecular flexibility index (Phi) is 5.35. The quantitative estimate of drug-likeness (QED) is 0.845. The second kappa shape index (κ2) is 7.24. The predicted octanol–water partition coefficient (Wildman–Crippen LogP) is 1.93. The van der Waals surface area contributed by atoms with Crippen LogP contribution in [0.4, 0.5) is 0 Å². The largest absolute Gasteiger partial charge is 0.395 e. The van der Waals surface area contributed by atoms with Crippen LogP contribution in [0.5, 0.6) is 0 Å². The van der Waals surface area contributed by atoms with Crippen molar-refractivity contribution in [3.05, 3.63) is 29.6 Å². The van der Waals surface area contributed by atoms with Gasteiger partial charge in [0.05, 0.1) is 6.61 Å². The number of hydrogen-bond acceptors (Lipinski definition) is 3. The minimum Gasteiger partial charge on any atom is -0.395 e. The Hall–Kier alpha value is -1.86. The van der Waals surface area contributed by atoms with Gasteiger partial charge in [-0.3, -0.25) is 4.79 Å². The summed E-state index contributed by atoms with van der Waals surface area (Å²) in [6.07, 6.45) is 3.25. The molecule has 1 aliphatic rings. The van der Waals surface area contributed by atoms with E-state index in [1.165, 1.54) is 6.42 Å². The molecule has 0 bridgehead atoms. The molecular weight excluding hydrogens is 264 g/mol. The van der Waals surface area contributed by atoms with E-state index in [-0.39, 0.29) is 12.5 Å². The number of carbonyl (C=O) groups excluding carboxylic acids is 1. The average molecular weight is 286 g/mol. The third kappa shape index (κ3) is 4.30. The van der Waals surface area contributed by atoms with Crippen molar-refractivity contribution < 1.29 is 9.90 Å². The van der Waals surface area contributed by atoms with Gasteiger partial charge in [0, 0.05) is 31.3 Å². The first-order valence-electron chi connectivity index (χ1n) is 7.45. The summed E-state index contributed by atoms with van der Waals surface area (Å²) in [5.41, 5.74) is 1.24. The Morgan fingerprint density at radius 2 is 2.10 bits per heavy atom. The molecule has 1 aromatic rings. The number of rotatable bonds is 2. The molecule has 21 heavy (non-hydrogen) atoms. The molecule has 1 aliphatic heterocycles. The van der Waals surface area contributed by atoms with Crippen molar-refractivity contribution in [2.24, 2.45) is 11.8 Å². The highest BCUT2D eigenvalue weighted by molar-refractivity contribution is 5.92. The fraction of sp³-hybridized carbons (Fsp3) is 0.529. The van der Waals surface area contributed by atoms with E-state index >= 15 is 0 Å². The molecule has 4 nitrogen and oxygen atoms in total. The van der Waals surface area contributed by atoms with E-state index in [2.05, 4.69) is 30.7 Å². The molecule has 4 heteroatoms. The van der Waals surface area contributed by atoms with Crippen molar-refractivity contribution in [2.45, 2.75) is 26.7 Å². The highest BCUT2D eigenvalue weighted by Crippen LogP contribution is 2.22. The summed E-state index contributed by atoms with van der Waals surface area (Å²) in [5, 5.41) is 8.68. The maximum Gasteiger partial charge on any atom is 0.272 e. The van der Waals surface area contributed by atoms with E-state index < -0.39 is 0 Å². The topological polar surface area (TPSA) is 53.4 Å². The lowest BCUT2D eigenvalue weighted by Crippen LogP contribution is -2.42. The number of likely N-dealkylation sites (tertiary alicyclic amines) is 1. The van der Waals surface area contributed by atoms with Crippen molar-refractivity contribution in [3.63, 3.8) is 0 Å². The minimum absolute atomic E-state index is 0.00303. The zero-order valence-corrected chi connectivity index (χ0v) is 12.7. The number of piperidine rings is 1. The summed E-state index contributed by atoms with van der Waals surface area (Å²) in [6, 6.07) is 3.54. The number of amides is 1. The first-order chi connectivity index (χ1) is 10.1. The molecule has 0 aliphatic carbocycles. The third-order valence-electron chi connectivity index (χ3n) is 3.61. The molecular formula is C17H22N2O2. The van der Waals surface area contributed by atoms with Gasteiger partial charge in [-0.1, -0.05) is 25.7 Å². The van der Waals surface area contributed by atoms with Gasteiger partial charge < -0.3 is 10.0 Å². The lowest BCUT2D eigenvalue weighted by molar-refractivity contribution is 0.0617. The minimum atomic E-state index is 0.00303. The fourth-order valence-electron chi connectivity index (χ4n) is 2.81. The van der Waals surface area contributed by atoms with Crippen LogP contribution in [0.1, 0.15) is 42.7 Å². The van der Waals surface area contributed by atoms with Crippen molar-refractivity contribution in [2.75, 3.05) is 19.7 Å². The molecule has 0 aromatic carbocycles. The maximum atomic E-state index is 12.5. The van der Waals surface area contributed by atoms with Gasteiger partial charge in [-0.25, -0.2) is 4.98 Å². The van der Waals surface area contributed by atoms with Crippen LogP contribution >= 0.6 is 0 Å². The van der Waals surface area contributed by atoms with Gasteiger partial charge >= 0.3 is 0 Å². The SMILES string of the molecule is CC1CC(C)CN(C(=O)c2ccc(C#CCCO)cn2)C1. The number of aromatic nitrogens is 1. The Morgan fingerprint density at radius 1 is 1.38 bits per heavy atom. The van der Waals surface area contributed by atoms with Gasteiger partial charge in [0.1, 0.15) is 5.69 Å². The van der Waals surface area contributed by atoms with Gasteiger partial charge in [-0.05, 0) is 30.4 Å². The van der Waals surface area contributed by atoms with Crippen LogP contribution in [0.3, 0.4) is 0 Å². The van der Waals surface area contributed by atoms with Crippen LogP contribution in [-0.4, -0.2) is 40.6 Å². The Balaban J connectivity index is 2.04. The molecule has 1 saturated heterocycles. The number of nitrogens with zero attached hydrogens (tertiary/aromatic N) is 2. The van der Waals surface area contributed by atoms with E-state index in [4.69, 9.17) is 5.11 Å². The lowest BCUT2D eigenvalue weighted by atomic mass is 9.92. The van der Waals surface area contributed by atoms with Crippen LogP contribution in [0, 0.1) is 23.7 Å². The van der Waals surface area contributed by atoms with Crippen molar-refractivity contribution in [1.29, 1.82) is 0 Å². The van der Waals surface area contributed by atoms with Gasteiger partial charge in [-0.2, -0.15) is 0 Å². The number of aliphatic hydroxyl groups excluding tert-OH is 1. The van der Waals surface area contributed by atoms with Crippen molar-refractivity contribution in [1.82, 2.24) is 9.88 Å². The molecule has 1 fully saturated rings. The van der Waals surface area contributed by atoms with Crippen LogP contribution in [0.15, 0.2) is 18.3 Å². The second-order valence-corrected chi connectivity index (χ2v) is 5.86. The maximum absolute atomic E-state index is 12.5. The first-order valence-corrected chi connectivity index (χ1v) is 7.45. The van der Waals surface area contributed by atoms with Crippen molar-refractivity contribution >= 4 is 5.91 Å². The molecule has 1 N–H and O–H groups in total. The Morgan fingerprint density at radius 3 is 2.67 bits per heavy atom.